The molecule has 0 spiro atoms. The number of hydrogen-bond donors (Lipinski definition) is 0. The van der Waals surface area contributed by atoms with Crippen molar-refractivity contribution in [2.24, 2.45) is 0 Å². The average molecular weight is 211 g/mol. The summed E-state index contributed by atoms with van der Waals surface area (Å²) in [5, 5.41) is 0. The molecule has 0 atom stereocenters. The highest BCUT2D eigenvalue weighted by Crippen LogP contribution is 2.16. The lowest BCUT2D eigenvalue weighted by molar-refractivity contribution is 0.0802. The minimum atomic E-state index is -0.308. The van der Waals surface area contributed by atoms with E-state index < -0.39 is 0 Å². The van der Waals surface area contributed by atoms with E-state index in [0.29, 0.717) is 5.56 Å². The summed E-state index contributed by atoms with van der Waals surface area (Å²) in [5.74, 6) is 1.43. The largest absolute Gasteiger partial charge is 0.329 e. The summed E-state index contributed by atoms with van der Waals surface area (Å²) in [6, 6.07) is 5.69. The van der Waals surface area contributed by atoms with Gasteiger partial charge in [-0.1, -0.05) is 0 Å². The minimum absolute atomic E-state index is 0.00463. The highest BCUT2D eigenvalue weighted by atomic mass is 32.2. The van der Waals surface area contributed by atoms with Crippen molar-refractivity contribution in [3.63, 3.8) is 0 Å². The normalized spacial score (nSPS) is 15.9. The summed E-state index contributed by atoms with van der Waals surface area (Å²) in [7, 11) is 0. The fraction of sp³-hybridized carbons (Fsp3) is 0.300. The fourth-order valence-electron chi connectivity index (χ4n) is 1.35. The molecule has 0 aromatic heterocycles. The van der Waals surface area contributed by atoms with Crippen LogP contribution in [-0.4, -0.2) is 29.0 Å². The van der Waals surface area contributed by atoms with Gasteiger partial charge >= 0.3 is 0 Å². The standard InChI is InChI=1S/C10H10FNOS/c11-9-3-1-8(2-4-9)10(13)12-5-6-14-7-12/h1-4H,5-7H2. The second-order valence-corrected chi connectivity index (χ2v) is 4.19. The Kier molecular flexibility index (Phi) is 2.72. The van der Waals surface area contributed by atoms with Crippen LogP contribution in [0, 0.1) is 5.82 Å². The van der Waals surface area contributed by atoms with Crippen LogP contribution in [0.25, 0.3) is 0 Å². The quantitative estimate of drug-likeness (QED) is 0.708. The van der Waals surface area contributed by atoms with Crippen LogP contribution in [0.4, 0.5) is 4.39 Å². The number of carbonyl (C=O) groups is 1. The maximum Gasteiger partial charge on any atom is 0.254 e. The van der Waals surface area contributed by atoms with E-state index in [4.69, 9.17) is 0 Å². The zero-order valence-electron chi connectivity index (χ0n) is 7.57. The molecule has 14 heavy (non-hydrogen) atoms. The predicted octanol–water partition coefficient (Wildman–Crippen LogP) is 1.97. The topological polar surface area (TPSA) is 20.3 Å². The first-order valence-electron chi connectivity index (χ1n) is 4.40. The van der Waals surface area contributed by atoms with Gasteiger partial charge in [-0.2, -0.15) is 0 Å². The van der Waals surface area contributed by atoms with Crippen molar-refractivity contribution in [1.29, 1.82) is 0 Å². The lowest BCUT2D eigenvalue weighted by Gasteiger charge is -2.13. The molecule has 1 aromatic rings. The van der Waals surface area contributed by atoms with E-state index in [-0.39, 0.29) is 11.7 Å². The van der Waals surface area contributed by atoms with E-state index in [9.17, 15) is 9.18 Å². The Balaban J connectivity index is 2.14. The van der Waals surface area contributed by atoms with E-state index in [0.717, 1.165) is 18.2 Å². The van der Waals surface area contributed by atoms with Crippen LogP contribution < -0.4 is 0 Å². The first-order chi connectivity index (χ1) is 6.77. The summed E-state index contributed by atoms with van der Waals surface area (Å²) < 4.78 is 12.6. The van der Waals surface area contributed by atoms with Gasteiger partial charge in [-0.05, 0) is 24.3 Å². The van der Waals surface area contributed by atoms with Gasteiger partial charge < -0.3 is 4.90 Å². The van der Waals surface area contributed by atoms with Crippen LogP contribution in [0.5, 0.6) is 0 Å². The fourth-order valence-corrected chi connectivity index (χ4v) is 2.29. The highest BCUT2D eigenvalue weighted by molar-refractivity contribution is 7.99. The molecule has 2 nitrogen and oxygen atoms in total. The number of carbonyl (C=O) groups excluding carboxylic acids is 1. The van der Waals surface area contributed by atoms with Crippen molar-refractivity contribution in [2.75, 3.05) is 18.2 Å². The summed E-state index contributed by atoms with van der Waals surface area (Å²) >= 11 is 1.74. The van der Waals surface area contributed by atoms with E-state index >= 15 is 0 Å². The van der Waals surface area contributed by atoms with Crippen LogP contribution in [0.2, 0.25) is 0 Å². The molecule has 0 bridgehead atoms. The van der Waals surface area contributed by atoms with Crippen molar-refractivity contribution < 1.29 is 9.18 Å². The zero-order chi connectivity index (χ0) is 9.97. The molecule has 1 aromatic carbocycles. The van der Waals surface area contributed by atoms with E-state index in [1.165, 1.54) is 24.3 Å². The molecule has 1 heterocycles. The summed E-state index contributed by atoms with van der Waals surface area (Å²) in [4.78, 5) is 13.5. The zero-order valence-corrected chi connectivity index (χ0v) is 8.39. The van der Waals surface area contributed by atoms with Gasteiger partial charge in [0.15, 0.2) is 0 Å². The first kappa shape index (κ1) is 9.52. The molecule has 0 N–H and O–H groups in total. The second-order valence-electron chi connectivity index (χ2n) is 3.11. The average Bonchev–Trinajstić information content (AvgIpc) is 2.71. The third-order valence-electron chi connectivity index (χ3n) is 2.13. The molecule has 1 aliphatic rings. The number of benzene rings is 1. The molecule has 0 aliphatic carbocycles. The molecule has 1 saturated heterocycles. The van der Waals surface area contributed by atoms with E-state index in [1.54, 1.807) is 16.7 Å². The Morgan fingerprint density at radius 1 is 1.36 bits per heavy atom. The first-order valence-corrected chi connectivity index (χ1v) is 5.55. The maximum absolute atomic E-state index is 12.6. The Labute approximate surface area is 86.1 Å². The number of rotatable bonds is 1. The Hall–Kier alpha value is -1.03. The van der Waals surface area contributed by atoms with Gasteiger partial charge in [0.1, 0.15) is 5.82 Å². The molecule has 2 rings (SSSR count). The van der Waals surface area contributed by atoms with Crippen molar-refractivity contribution in [1.82, 2.24) is 4.90 Å². The van der Waals surface area contributed by atoms with Crippen molar-refractivity contribution in [3.8, 4) is 0 Å². The number of halogens is 1. The van der Waals surface area contributed by atoms with Crippen molar-refractivity contribution >= 4 is 17.7 Å². The van der Waals surface area contributed by atoms with Gasteiger partial charge in [0.05, 0.1) is 5.88 Å². The maximum atomic E-state index is 12.6. The van der Waals surface area contributed by atoms with Crippen LogP contribution in [-0.2, 0) is 0 Å². The van der Waals surface area contributed by atoms with Gasteiger partial charge in [0.2, 0.25) is 0 Å². The molecule has 0 unspecified atom stereocenters. The van der Waals surface area contributed by atoms with E-state index in [2.05, 4.69) is 0 Å². The Bertz CT molecular complexity index is 332. The molecule has 0 saturated carbocycles. The van der Waals surface area contributed by atoms with Crippen LogP contribution in [0.1, 0.15) is 10.4 Å². The molecule has 74 valence electrons. The van der Waals surface area contributed by atoms with Crippen molar-refractivity contribution in [3.05, 3.63) is 35.6 Å². The van der Waals surface area contributed by atoms with Gasteiger partial charge in [0, 0.05) is 17.9 Å². The van der Waals surface area contributed by atoms with Gasteiger partial charge in [-0.25, -0.2) is 4.39 Å². The molecule has 1 fully saturated rings. The van der Waals surface area contributed by atoms with Gasteiger partial charge in [-0.3, -0.25) is 4.79 Å². The highest BCUT2D eigenvalue weighted by Gasteiger charge is 2.19. The predicted molar refractivity (Wildman–Crippen MR) is 54.8 cm³/mol. The third-order valence-corrected chi connectivity index (χ3v) is 3.10. The Morgan fingerprint density at radius 2 is 2.07 bits per heavy atom. The van der Waals surface area contributed by atoms with Gasteiger partial charge in [0.25, 0.3) is 5.91 Å². The van der Waals surface area contributed by atoms with Gasteiger partial charge in [-0.15, -0.1) is 11.8 Å². The summed E-state index contributed by atoms with van der Waals surface area (Å²) in [5.41, 5.74) is 0.564. The van der Waals surface area contributed by atoms with Crippen molar-refractivity contribution in [2.45, 2.75) is 0 Å². The lowest BCUT2D eigenvalue weighted by atomic mass is 10.2. The van der Waals surface area contributed by atoms with Crippen LogP contribution in [0.15, 0.2) is 24.3 Å². The summed E-state index contributed by atoms with van der Waals surface area (Å²) in [6.07, 6.45) is 0. The number of thioether (sulfide) groups is 1. The number of nitrogens with zero attached hydrogens (tertiary/aromatic N) is 1. The SMILES string of the molecule is O=C(c1ccc(F)cc1)N1CCSC1. The smallest absolute Gasteiger partial charge is 0.254 e. The molecule has 4 heteroatoms. The molecule has 0 radical (unpaired) electrons. The van der Waals surface area contributed by atoms with E-state index in [1.807, 2.05) is 0 Å². The van der Waals surface area contributed by atoms with Crippen LogP contribution >= 0.6 is 11.8 Å². The minimum Gasteiger partial charge on any atom is -0.329 e. The second kappa shape index (κ2) is 4.00. The lowest BCUT2D eigenvalue weighted by Crippen LogP contribution is -2.27. The monoisotopic (exact) mass is 211 g/mol. The molecular formula is C10H10FNOS. The van der Waals surface area contributed by atoms with Crippen LogP contribution in [0.3, 0.4) is 0 Å². The summed E-state index contributed by atoms with van der Waals surface area (Å²) in [6.45, 7) is 0.793. The third kappa shape index (κ3) is 1.90. The molecule has 1 aliphatic heterocycles. The Morgan fingerprint density at radius 3 is 2.64 bits per heavy atom. The molecule has 1 amide bonds. The number of amides is 1. The molecular weight excluding hydrogens is 201 g/mol. The number of hydrogen-bond acceptors (Lipinski definition) is 2.